The molecule has 1 aromatic rings. The molecular formula is C7H7IS. The van der Waals surface area contributed by atoms with Gasteiger partial charge in [-0.15, -0.1) is 11.3 Å². The lowest BCUT2D eigenvalue weighted by molar-refractivity contribution is 0.914. The fourth-order valence-corrected chi connectivity index (χ4v) is 3.44. The van der Waals surface area contributed by atoms with E-state index in [-0.39, 0.29) is 0 Å². The number of aryl methyl sites for hydroxylation is 2. The second-order valence-corrected chi connectivity index (χ2v) is 5.38. The monoisotopic (exact) mass is 250 g/mol. The van der Waals surface area contributed by atoms with Gasteiger partial charge in [-0.3, -0.25) is 0 Å². The van der Waals surface area contributed by atoms with Crippen LogP contribution in [-0.2, 0) is 12.8 Å². The van der Waals surface area contributed by atoms with Crippen molar-refractivity contribution in [1.82, 2.24) is 0 Å². The Balaban J connectivity index is 2.51. The third kappa shape index (κ3) is 1.03. The van der Waals surface area contributed by atoms with Crippen molar-refractivity contribution in [1.29, 1.82) is 0 Å². The topological polar surface area (TPSA) is 0 Å². The van der Waals surface area contributed by atoms with Gasteiger partial charge in [0.25, 0.3) is 0 Å². The van der Waals surface area contributed by atoms with E-state index < -0.39 is 0 Å². The average Bonchev–Trinajstić information content (AvgIpc) is 2.22. The van der Waals surface area contributed by atoms with Crippen molar-refractivity contribution in [3.05, 3.63) is 19.4 Å². The lowest BCUT2D eigenvalue weighted by atomic mass is 10.3. The summed E-state index contributed by atoms with van der Waals surface area (Å²) in [6.07, 6.45) is 4.05. The molecule has 0 fully saturated rings. The number of fused-ring (bicyclic) bond motifs is 1. The van der Waals surface area contributed by atoms with Crippen molar-refractivity contribution in [2.24, 2.45) is 0 Å². The van der Waals surface area contributed by atoms with Crippen molar-refractivity contribution in [2.75, 3.05) is 0 Å². The molecule has 0 amide bonds. The number of hydrogen-bond acceptors (Lipinski definition) is 1. The fraction of sp³-hybridized carbons (Fsp3) is 0.429. The van der Waals surface area contributed by atoms with Gasteiger partial charge in [0.15, 0.2) is 0 Å². The van der Waals surface area contributed by atoms with E-state index in [2.05, 4.69) is 28.7 Å². The van der Waals surface area contributed by atoms with Crippen LogP contribution in [0.1, 0.15) is 16.9 Å². The largest absolute Gasteiger partial charge is 0.134 e. The van der Waals surface area contributed by atoms with E-state index >= 15 is 0 Å². The van der Waals surface area contributed by atoms with Gasteiger partial charge in [-0.25, -0.2) is 0 Å². The molecule has 0 atom stereocenters. The van der Waals surface area contributed by atoms with E-state index in [9.17, 15) is 0 Å². The summed E-state index contributed by atoms with van der Waals surface area (Å²) in [4.78, 5) is 1.64. The molecule has 0 bridgehead atoms. The first-order valence-electron chi connectivity index (χ1n) is 3.13. The summed E-state index contributed by atoms with van der Waals surface area (Å²) < 4.78 is 1.46. The molecule has 0 nitrogen and oxygen atoms in total. The highest BCUT2D eigenvalue weighted by molar-refractivity contribution is 14.1. The number of halogens is 1. The quantitative estimate of drug-likeness (QED) is 0.621. The van der Waals surface area contributed by atoms with Gasteiger partial charge in [0, 0.05) is 4.88 Å². The van der Waals surface area contributed by atoms with E-state index in [1.54, 1.807) is 10.4 Å². The molecule has 0 saturated carbocycles. The summed E-state index contributed by atoms with van der Waals surface area (Å²) in [5.41, 5.74) is 1.62. The zero-order valence-corrected chi connectivity index (χ0v) is 7.96. The van der Waals surface area contributed by atoms with Crippen LogP contribution in [0.3, 0.4) is 0 Å². The molecule has 48 valence electrons. The van der Waals surface area contributed by atoms with Crippen molar-refractivity contribution in [3.8, 4) is 0 Å². The minimum Gasteiger partial charge on any atom is -0.134 e. The van der Waals surface area contributed by atoms with E-state index in [4.69, 9.17) is 0 Å². The molecule has 1 aliphatic carbocycles. The van der Waals surface area contributed by atoms with Crippen LogP contribution in [0.15, 0.2) is 6.07 Å². The van der Waals surface area contributed by atoms with Gasteiger partial charge in [0.05, 0.1) is 2.88 Å². The smallest absolute Gasteiger partial charge is 0.0659 e. The van der Waals surface area contributed by atoms with Crippen molar-refractivity contribution >= 4 is 33.9 Å². The van der Waals surface area contributed by atoms with Gasteiger partial charge in [-0.05, 0) is 53.5 Å². The molecule has 0 aromatic carbocycles. The molecule has 0 N–H and O–H groups in total. The average molecular weight is 250 g/mol. The van der Waals surface area contributed by atoms with Crippen LogP contribution in [0.4, 0.5) is 0 Å². The maximum atomic E-state index is 2.40. The zero-order valence-electron chi connectivity index (χ0n) is 4.98. The highest BCUT2D eigenvalue weighted by Gasteiger charge is 2.12. The molecular weight excluding hydrogens is 243 g/mol. The Bertz CT molecular complexity index is 205. The Labute approximate surface area is 72.4 Å². The number of thiophene rings is 1. The first-order valence-corrected chi connectivity index (χ1v) is 5.03. The van der Waals surface area contributed by atoms with Gasteiger partial charge in [0.1, 0.15) is 0 Å². The minimum atomic E-state index is 1.33. The molecule has 0 aliphatic heterocycles. The van der Waals surface area contributed by atoms with E-state index in [0.29, 0.717) is 0 Å². The molecule has 1 aliphatic rings. The minimum absolute atomic E-state index is 1.33. The summed E-state index contributed by atoms with van der Waals surface area (Å²) in [5, 5.41) is 0. The molecule has 2 rings (SSSR count). The predicted molar refractivity (Wildman–Crippen MR) is 49.1 cm³/mol. The summed E-state index contributed by atoms with van der Waals surface area (Å²) in [5.74, 6) is 0. The van der Waals surface area contributed by atoms with E-state index in [1.165, 1.54) is 22.1 Å². The second-order valence-electron chi connectivity index (χ2n) is 2.35. The fourth-order valence-electron chi connectivity index (χ4n) is 1.29. The van der Waals surface area contributed by atoms with Gasteiger partial charge in [-0.1, -0.05) is 0 Å². The van der Waals surface area contributed by atoms with Gasteiger partial charge in [-0.2, -0.15) is 0 Å². The molecule has 0 spiro atoms. The van der Waals surface area contributed by atoms with Crippen LogP contribution in [0.2, 0.25) is 0 Å². The first-order chi connectivity index (χ1) is 4.36. The number of hydrogen-bond donors (Lipinski definition) is 0. The molecule has 0 saturated heterocycles. The lowest BCUT2D eigenvalue weighted by Gasteiger charge is -1.79. The highest BCUT2D eigenvalue weighted by Crippen LogP contribution is 2.30. The Hall–Kier alpha value is 0.430. The highest BCUT2D eigenvalue weighted by atomic mass is 127. The molecule has 1 aromatic heterocycles. The van der Waals surface area contributed by atoms with Gasteiger partial charge in [0.2, 0.25) is 0 Å². The SMILES string of the molecule is Ic1cc2c(s1)CCC2. The normalized spacial score (nSPS) is 16.1. The Morgan fingerprint density at radius 1 is 1.44 bits per heavy atom. The Morgan fingerprint density at radius 2 is 2.33 bits per heavy atom. The summed E-state index contributed by atoms with van der Waals surface area (Å²) >= 11 is 4.37. The molecule has 9 heavy (non-hydrogen) atoms. The maximum Gasteiger partial charge on any atom is 0.0659 e. The van der Waals surface area contributed by atoms with Gasteiger partial charge >= 0.3 is 0 Å². The molecule has 0 radical (unpaired) electrons. The van der Waals surface area contributed by atoms with Gasteiger partial charge < -0.3 is 0 Å². The van der Waals surface area contributed by atoms with E-state index in [1.807, 2.05) is 11.3 Å². The standard InChI is InChI=1S/C7H7IS/c8-7-4-5-2-1-3-6(5)9-7/h4H,1-3H2. The van der Waals surface area contributed by atoms with Crippen LogP contribution in [0.5, 0.6) is 0 Å². The van der Waals surface area contributed by atoms with Crippen LogP contribution in [0, 0.1) is 2.88 Å². The van der Waals surface area contributed by atoms with Crippen molar-refractivity contribution in [2.45, 2.75) is 19.3 Å². The number of rotatable bonds is 0. The first kappa shape index (κ1) is 6.16. The summed E-state index contributed by atoms with van der Waals surface area (Å²) in [6, 6.07) is 2.33. The van der Waals surface area contributed by atoms with Crippen LogP contribution in [0.25, 0.3) is 0 Å². The van der Waals surface area contributed by atoms with Crippen LogP contribution >= 0.6 is 33.9 Å². The van der Waals surface area contributed by atoms with Crippen molar-refractivity contribution in [3.63, 3.8) is 0 Å². The van der Waals surface area contributed by atoms with Crippen LogP contribution in [-0.4, -0.2) is 0 Å². The molecule has 0 unspecified atom stereocenters. The van der Waals surface area contributed by atoms with Crippen LogP contribution < -0.4 is 0 Å². The summed E-state index contributed by atoms with van der Waals surface area (Å²) in [6.45, 7) is 0. The third-order valence-corrected chi connectivity index (χ3v) is 3.71. The molecule has 1 heterocycles. The maximum absolute atomic E-state index is 2.40. The zero-order chi connectivity index (χ0) is 6.27. The van der Waals surface area contributed by atoms with Crippen molar-refractivity contribution < 1.29 is 0 Å². The Morgan fingerprint density at radius 3 is 3.11 bits per heavy atom. The molecule has 2 heteroatoms. The third-order valence-electron chi connectivity index (χ3n) is 1.72. The predicted octanol–water partition coefficient (Wildman–Crippen LogP) is 2.84. The van der Waals surface area contributed by atoms with E-state index in [0.717, 1.165) is 0 Å². The second kappa shape index (κ2) is 2.23. The Kier molecular flexibility index (Phi) is 1.53. The summed E-state index contributed by atoms with van der Waals surface area (Å²) in [7, 11) is 0. The lowest BCUT2D eigenvalue weighted by Crippen LogP contribution is -1.68.